The summed E-state index contributed by atoms with van der Waals surface area (Å²) in [7, 11) is 0. The van der Waals surface area contributed by atoms with Gasteiger partial charge in [-0.25, -0.2) is 15.0 Å². The Kier molecular flexibility index (Phi) is 8.31. The van der Waals surface area contributed by atoms with Crippen molar-refractivity contribution in [1.29, 1.82) is 0 Å². The fraction of sp³-hybridized carbons (Fsp3) is 0.0833. The van der Waals surface area contributed by atoms with Crippen LogP contribution in [0.25, 0.3) is 94.5 Å². The predicted octanol–water partition coefficient (Wildman–Crippen LogP) is 14.7. The Labute approximate surface area is 377 Å². The van der Waals surface area contributed by atoms with E-state index in [0.29, 0.717) is 17.5 Å². The van der Waals surface area contributed by atoms with Gasteiger partial charge in [0.1, 0.15) is 0 Å². The molecule has 8 aromatic carbocycles. The molecule has 3 heterocycles. The molecule has 2 aliphatic rings. The van der Waals surface area contributed by atoms with E-state index in [4.69, 9.17) is 15.0 Å². The van der Waals surface area contributed by atoms with Crippen LogP contribution in [0.2, 0.25) is 0 Å². The van der Waals surface area contributed by atoms with E-state index in [-0.39, 0.29) is 17.3 Å². The van der Waals surface area contributed by atoms with Gasteiger partial charge in [0.25, 0.3) is 0 Å². The van der Waals surface area contributed by atoms with Crippen LogP contribution in [0.5, 0.6) is 0 Å². The third-order valence-electron chi connectivity index (χ3n) is 14.1. The summed E-state index contributed by atoms with van der Waals surface area (Å²) in [6.07, 6.45) is 7.02. The molecule has 0 bridgehead atoms. The van der Waals surface area contributed by atoms with Crippen LogP contribution >= 0.6 is 0 Å². The van der Waals surface area contributed by atoms with E-state index < -0.39 is 0 Å². The molecule has 5 heteroatoms. The molecule has 2 atom stereocenters. The molecule has 65 heavy (non-hydrogen) atoms. The van der Waals surface area contributed by atoms with Crippen LogP contribution in [0.4, 0.5) is 0 Å². The summed E-state index contributed by atoms with van der Waals surface area (Å²) in [5.41, 5.74) is 15.2. The first-order valence-electron chi connectivity index (χ1n) is 22.5. The lowest BCUT2D eigenvalue weighted by Crippen LogP contribution is -2.25. The second-order valence-corrected chi connectivity index (χ2v) is 18.1. The summed E-state index contributed by atoms with van der Waals surface area (Å²) in [5.74, 6) is 2.53. The van der Waals surface area contributed by atoms with Gasteiger partial charge in [-0.3, -0.25) is 0 Å². The van der Waals surface area contributed by atoms with Crippen molar-refractivity contribution in [2.24, 2.45) is 5.92 Å². The van der Waals surface area contributed by atoms with Crippen molar-refractivity contribution in [3.05, 3.63) is 229 Å². The van der Waals surface area contributed by atoms with Crippen molar-refractivity contribution in [3.63, 3.8) is 0 Å². The largest absolute Gasteiger partial charge is 0.309 e. The highest BCUT2D eigenvalue weighted by Crippen LogP contribution is 2.55. The maximum Gasteiger partial charge on any atom is 0.164 e. The van der Waals surface area contributed by atoms with Crippen LogP contribution in [-0.2, 0) is 5.41 Å². The van der Waals surface area contributed by atoms with Crippen molar-refractivity contribution in [1.82, 2.24) is 24.1 Å². The zero-order valence-electron chi connectivity index (χ0n) is 36.1. The Balaban J connectivity index is 0.888. The van der Waals surface area contributed by atoms with Gasteiger partial charge in [-0.1, -0.05) is 166 Å². The Morgan fingerprint density at radius 3 is 1.49 bits per heavy atom. The molecule has 0 N–H and O–H groups in total. The fourth-order valence-corrected chi connectivity index (χ4v) is 10.9. The average molecular weight is 834 g/mol. The number of benzene rings is 8. The van der Waals surface area contributed by atoms with Gasteiger partial charge in [0.2, 0.25) is 0 Å². The maximum atomic E-state index is 5.09. The van der Waals surface area contributed by atoms with Gasteiger partial charge in [-0.05, 0) is 94.3 Å². The Bertz CT molecular complexity index is 3690. The number of rotatable bonds is 6. The van der Waals surface area contributed by atoms with Crippen molar-refractivity contribution in [2.45, 2.75) is 25.2 Å². The number of hydrogen-bond acceptors (Lipinski definition) is 3. The monoisotopic (exact) mass is 833 g/mol. The molecule has 0 saturated heterocycles. The van der Waals surface area contributed by atoms with Crippen LogP contribution < -0.4 is 0 Å². The first-order chi connectivity index (χ1) is 32.0. The molecule has 5 nitrogen and oxygen atoms in total. The minimum Gasteiger partial charge on any atom is -0.309 e. The summed E-state index contributed by atoms with van der Waals surface area (Å²) >= 11 is 0. The third kappa shape index (κ3) is 5.89. The molecule has 0 saturated carbocycles. The SMILES string of the molecule is CC1(C)c2cc(-n3c4ccccc4c4cc(-c5ccc6c(c5)c5ccccc5n6-c5ccccc5)ccc43)ccc2C2C=CC(c3nc(-c4ccccc4)nc(-c4ccccc4)n3)=CC21. The molecule has 2 aliphatic carbocycles. The van der Waals surface area contributed by atoms with Gasteiger partial charge in [0.15, 0.2) is 17.5 Å². The average Bonchev–Trinajstić information content (AvgIpc) is 3.96. The number of nitrogens with zero attached hydrogens (tertiary/aromatic N) is 5. The van der Waals surface area contributed by atoms with E-state index in [1.807, 2.05) is 36.4 Å². The minimum absolute atomic E-state index is 0.155. The Morgan fingerprint density at radius 2 is 0.908 bits per heavy atom. The topological polar surface area (TPSA) is 48.5 Å². The van der Waals surface area contributed by atoms with Crippen LogP contribution in [0.1, 0.15) is 36.7 Å². The number of allylic oxidation sites excluding steroid dienone is 4. The van der Waals surface area contributed by atoms with Gasteiger partial charge in [-0.15, -0.1) is 0 Å². The number of para-hydroxylation sites is 3. The van der Waals surface area contributed by atoms with E-state index in [0.717, 1.165) is 16.7 Å². The summed E-state index contributed by atoms with van der Waals surface area (Å²) in [6, 6.07) is 69.8. The molecule has 2 unspecified atom stereocenters. The van der Waals surface area contributed by atoms with E-state index in [1.54, 1.807) is 0 Å². The zero-order valence-corrected chi connectivity index (χ0v) is 36.1. The molecule has 0 radical (unpaired) electrons. The van der Waals surface area contributed by atoms with E-state index in [2.05, 4.69) is 199 Å². The van der Waals surface area contributed by atoms with E-state index >= 15 is 0 Å². The summed E-state index contributed by atoms with van der Waals surface area (Å²) in [4.78, 5) is 15.1. The van der Waals surface area contributed by atoms with Crippen LogP contribution in [0.15, 0.2) is 212 Å². The Hall–Kier alpha value is -8.15. The Morgan fingerprint density at radius 1 is 0.415 bits per heavy atom. The van der Waals surface area contributed by atoms with Crippen LogP contribution in [0, 0.1) is 5.92 Å². The molecular weight excluding hydrogens is 791 g/mol. The highest BCUT2D eigenvalue weighted by molar-refractivity contribution is 6.12. The third-order valence-corrected chi connectivity index (χ3v) is 14.1. The van der Waals surface area contributed by atoms with Gasteiger partial charge in [0, 0.05) is 55.5 Å². The number of hydrogen-bond donors (Lipinski definition) is 0. The quantitative estimate of drug-likeness (QED) is 0.168. The lowest BCUT2D eigenvalue weighted by Gasteiger charge is -2.30. The highest BCUT2D eigenvalue weighted by Gasteiger charge is 2.45. The zero-order chi connectivity index (χ0) is 43.2. The molecule has 11 aromatic rings. The van der Waals surface area contributed by atoms with Crippen LogP contribution in [0.3, 0.4) is 0 Å². The molecular formula is C60H43N5. The number of aromatic nitrogens is 5. The van der Waals surface area contributed by atoms with Crippen LogP contribution in [-0.4, -0.2) is 24.1 Å². The van der Waals surface area contributed by atoms with Crippen molar-refractivity contribution in [2.75, 3.05) is 0 Å². The summed E-state index contributed by atoms with van der Waals surface area (Å²) in [6.45, 7) is 4.80. The predicted molar refractivity (Wildman–Crippen MR) is 268 cm³/mol. The number of fused-ring (bicyclic) bond motifs is 9. The van der Waals surface area contributed by atoms with Gasteiger partial charge in [0.05, 0.1) is 22.1 Å². The van der Waals surface area contributed by atoms with Crippen molar-refractivity contribution >= 4 is 49.2 Å². The highest BCUT2D eigenvalue weighted by atomic mass is 15.0. The molecule has 0 amide bonds. The molecule has 13 rings (SSSR count). The second kappa shape index (κ2) is 14.4. The standard InChI is InChI=1S/C60H43N5/c1-60(2)51-36-42(59-62-57(38-16-6-3-7-17-38)61-58(63-59)39-18-8-4-9-19-39)26-30-45(51)46-31-29-44(37-52(46)60)65-54-25-15-13-23-48(54)50-35-41(28-33-56(50)65)40-27-32-55-49(34-40)47-22-12-14-24-53(47)64(55)43-20-10-5-11-21-43/h3-37,45,51H,1-2H3. The van der Waals surface area contributed by atoms with Crippen molar-refractivity contribution in [3.8, 4) is 45.3 Å². The summed E-state index contributed by atoms with van der Waals surface area (Å²) < 4.78 is 4.84. The lowest BCUT2D eigenvalue weighted by molar-refractivity contribution is 0.395. The molecule has 308 valence electrons. The van der Waals surface area contributed by atoms with E-state index in [9.17, 15) is 0 Å². The van der Waals surface area contributed by atoms with Gasteiger partial charge < -0.3 is 9.13 Å². The van der Waals surface area contributed by atoms with Gasteiger partial charge >= 0.3 is 0 Å². The fourth-order valence-electron chi connectivity index (χ4n) is 10.9. The first kappa shape index (κ1) is 37.4. The second-order valence-electron chi connectivity index (χ2n) is 18.1. The lowest BCUT2D eigenvalue weighted by atomic mass is 9.73. The smallest absolute Gasteiger partial charge is 0.164 e. The molecule has 0 spiro atoms. The molecule has 0 fully saturated rings. The normalized spacial score (nSPS) is 16.3. The molecule has 0 aliphatic heterocycles. The van der Waals surface area contributed by atoms with Crippen molar-refractivity contribution < 1.29 is 0 Å². The minimum atomic E-state index is -0.155. The maximum absolute atomic E-state index is 5.09. The molecule has 3 aromatic heterocycles. The van der Waals surface area contributed by atoms with Gasteiger partial charge in [-0.2, -0.15) is 0 Å². The van der Waals surface area contributed by atoms with E-state index in [1.165, 1.54) is 77.2 Å². The summed E-state index contributed by atoms with van der Waals surface area (Å²) in [5, 5.41) is 5.01. The first-order valence-corrected chi connectivity index (χ1v) is 22.5.